The summed E-state index contributed by atoms with van der Waals surface area (Å²) in [6.45, 7) is 0.313. The molecule has 0 radical (unpaired) electrons. The first-order valence-corrected chi connectivity index (χ1v) is 7.29. The molecule has 0 saturated carbocycles. The fourth-order valence-corrected chi connectivity index (χ4v) is 3.61. The highest BCUT2D eigenvalue weighted by Crippen LogP contribution is 2.24. The van der Waals surface area contributed by atoms with Crippen LogP contribution in [0.3, 0.4) is 0 Å². The molecule has 1 unspecified atom stereocenters. The molecule has 0 aliphatic carbocycles. The monoisotopic (exact) mass is 285 g/mol. The number of anilines is 1. The lowest BCUT2D eigenvalue weighted by Crippen LogP contribution is -2.42. The number of piperidine rings is 1. The summed E-state index contributed by atoms with van der Waals surface area (Å²) in [7, 11) is -3.72. The van der Waals surface area contributed by atoms with Crippen molar-refractivity contribution >= 4 is 21.7 Å². The number of rotatable bonds is 3. The van der Waals surface area contributed by atoms with Crippen LogP contribution >= 0.6 is 0 Å². The first-order chi connectivity index (χ1) is 8.91. The Morgan fingerprint density at radius 3 is 2.84 bits per heavy atom. The van der Waals surface area contributed by atoms with E-state index in [1.807, 2.05) is 0 Å². The summed E-state index contributed by atoms with van der Waals surface area (Å²) < 4.78 is 25.9. The minimum absolute atomic E-state index is 0.00135. The van der Waals surface area contributed by atoms with Crippen molar-refractivity contribution in [3.05, 3.63) is 18.5 Å². The van der Waals surface area contributed by atoms with Crippen molar-refractivity contribution in [1.29, 1.82) is 0 Å². The van der Waals surface area contributed by atoms with Gasteiger partial charge in [0, 0.05) is 25.5 Å². The minimum Gasteiger partial charge on any atom is -0.481 e. The highest BCUT2D eigenvalue weighted by molar-refractivity contribution is 7.89. The molecule has 0 aromatic carbocycles. The van der Waals surface area contributed by atoms with Gasteiger partial charge in [-0.25, -0.2) is 8.42 Å². The molecule has 1 atom stereocenters. The molecule has 1 aromatic heterocycles. The van der Waals surface area contributed by atoms with Crippen LogP contribution in [-0.4, -0.2) is 41.9 Å². The number of carbonyl (C=O) groups is 1. The SMILES string of the molecule is Nc1cncc(S(=O)(=O)N2CCCC(C(=O)O)C2)c1. The summed E-state index contributed by atoms with van der Waals surface area (Å²) in [4.78, 5) is 14.7. The predicted octanol–water partition coefficient (Wildman–Crippen LogP) is 0.149. The lowest BCUT2D eigenvalue weighted by Gasteiger charge is -2.29. The van der Waals surface area contributed by atoms with Crippen LogP contribution in [-0.2, 0) is 14.8 Å². The van der Waals surface area contributed by atoms with Gasteiger partial charge in [0.15, 0.2) is 0 Å². The second-order valence-corrected chi connectivity index (χ2v) is 6.43. The first-order valence-electron chi connectivity index (χ1n) is 5.85. The molecule has 7 nitrogen and oxygen atoms in total. The van der Waals surface area contributed by atoms with E-state index in [0.29, 0.717) is 19.4 Å². The standard InChI is InChI=1S/C11H15N3O4S/c12-9-4-10(6-13-5-9)19(17,18)14-3-1-2-8(7-14)11(15)16/h4-6,8H,1-3,7,12H2,(H,15,16). The molecule has 0 spiro atoms. The third-order valence-electron chi connectivity index (χ3n) is 3.11. The number of hydrogen-bond donors (Lipinski definition) is 2. The molecule has 0 bridgehead atoms. The van der Waals surface area contributed by atoms with E-state index in [1.54, 1.807) is 0 Å². The van der Waals surface area contributed by atoms with Gasteiger partial charge in [-0.05, 0) is 18.9 Å². The topological polar surface area (TPSA) is 114 Å². The van der Waals surface area contributed by atoms with Gasteiger partial charge in [0.1, 0.15) is 4.90 Å². The number of aliphatic carboxylic acids is 1. The van der Waals surface area contributed by atoms with E-state index >= 15 is 0 Å². The Morgan fingerprint density at radius 1 is 1.47 bits per heavy atom. The zero-order chi connectivity index (χ0) is 14.0. The van der Waals surface area contributed by atoms with Crippen molar-refractivity contribution in [1.82, 2.24) is 9.29 Å². The Balaban J connectivity index is 2.27. The molecule has 1 aromatic rings. The fourth-order valence-electron chi connectivity index (χ4n) is 2.09. The number of hydrogen-bond acceptors (Lipinski definition) is 5. The van der Waals surface area contributed by atoms with Gasteiger partial charge in [0.05, 0.1) is 11.6 Å². The Hall–Kier alpha value is -1.67. The quantitative estimate of drug-likeness (QED) is 0.817. The van der Waals surface area contributed by atoms with Crippen LogP contribution in [0.25, 0.3) is 0 Å². The van der Waals surface area contributed by atoms with Crippen molar-refractivity contribution in [2.24, 2.45) is 5.92 Å². The number of sulfonamides is 1. The maximum absolute atomic E-state index is 12.3. The van der Waals surface area contributed by atoms with Crippen LogP contribution in [0.15, 0.2) is 23.4 Å². The van der Waals surface area contributed by atoms with Crippen LogP contribution in [0, 0.1) is 5.92 Å². The second kappa shape index (κ2) is 5.14. The third kappa shape index (κ3) is 2.85. The number of nitrogens with two attached hydrogens (primary N) is 1. The van der Waals surface area contributed by atoms with E-state index in [2.05, 4.69) is 4.98 Å². The maximum Gasteiger partial charge on any atom is 0.307 e. The highest BCUT2D eigenvalue weighted by atomic mass is 32.2. The smallest absolute Gasteiger partial charge is 0.307 e. The molecule has 1 aliphatic heterocycles. The number of pyridine rings is 1. The van der Waals surface area contributed by atoms with Crippen LogP contribution in [0.4, 0.5) is 5.69 Å². The van der Waals surface area contributed by atoms with Gasteiger partial charge < -0.3 is 10.8 Å². The summed E-state index contributed by atoms with van der Waals surface area (Å²) in [5.74, 6) is -1.62. The summed E-state index contributed by atoms with van der Waals surface area (Å²) in [5.41, 5.74) is 5.78. The number of nitrogens with zero attached hydrogens (tertiary/aromatic N) is 2. The molecule has 2 rings (SSSR count). The number of carboxylic acids is 1. The van der Waals surface area contributed by atoms with Crippen molar-refractivity contribution < 1.29 is 18.3 Å². The Kier molecular flexibility index (Phi) is 3.72. The van der Waals surface area contributed by atoms with Crippen LogP contribution < -0.4 is 5.73 Å². The fraction of sp³-hybridized carbons (Fsp3) is 0.455. The molecule has 2 heterocycles. The van der Waals surface area contributed by atoms with Crippen LogP contribution in [0.1, 0.15) is 12.8 Å². The number of aromatic nitrogens is 1. The average molecular weight is 285 g/mol. The van der Waals surface area contributed by atoms with E-state index in [9.17, 15) is 13.2 Å². The van der Waals surface area contributed by atoms with Crippen LogP contribution in [0.5, 0.6) is 0 Å². The van der Waals surface area contributed by atoms with E-state index in [-0.39, 0.29) is 17.1 Å². The van der Waals surface area contributed by atoms with Crippen LogP contribution in [0.2, 0.25) is 0 Å². The molecule has 3 N–H and O–H groups in total. The van der Waals surface area contributed by atoms with E-state index in [4.69, 9.17) is 10.8 Å². The molecule has 19 heavy (non-hydrogen) atoms. The van der Waals surface area contributed by atoms with E-state index in [1.165, 1.54) is 22.8 Å². The molecule has 8 heteroatoms. The summed E-state index contributed by atoms with van der Waals surface area (Å²) in [6, 6.07) is 1.33. The van der Waals surface area contributed by atoms with Gasteiger partial charge in [-0.3, -0.25) is 9.78 Å². The van der Waals surface area contributed by atoms with E-state index in [0.717, 1.165) is 0 Å². The molecule has 1 fully saturated rings. The van der Waals surface area contributed by atoms with Gasteiger partial charge >= 0.3 is 5.97 Å². The summed E-state index contributed by atoms with van der Waals surface area (Å²) >= 11 is 0. The lowest BCUT2D eigenvalue weighted by atomic mass is 10.0. The Morgan fingerprint density at radius 2 is 2.21 bits per heavy atom. The number of nitrogen functional groups attached to an aromatic ring is 1. The lowest BCUT2D eigenvalue weighted by molar-refractivity contribution is -0.142. The Bertz CT molecular complexity index is 587. The zero-order valence-corrected chi connectivity index (χ0v) is 11.0. The molecular weight excluding hydrogens is 270 g/mol. The van der Waals surface area contributed by atoms with Crippen molar-refractivity contribution in [3.8, 4) is 0 Å². The van der Waals surface area contributed by atoms with Gasteiger partial charge in [0.25, 0.3) is 0 Å². The third-order valence-corrected chi connectivity index (χ3v) is 4.94. The predicted molar refractivity (Wildman–Crippen MR) is 67.8 cm³/mol. The van der Waals surface area contributed by atoms with Gasteiger partial charge in [-0.2, -0.15) is 4.31 Å². The zero-order valence-electron chi connectivity index (χ0n) is 10.2. The molecule has 1 saturated heterocycles. The van der Waals surface area contributed by atoms with Gasteiger partial charge in [-0.1, -0.05) is 0 Å². The number of carboxylic acid groups (broad SMARTS) is 1. The van der Waals surface area contributed by atoms with Gasteiger partial charge in [0.2, 0.25) is 10.0 Å². The van der Waals surface area contributed by atoms with Crippen molar-refractivity contribution in [2.45, 2.75) is 17.7 Å². The summed E-state index contributed by atoms with van der Waals surface area (Å²) in [5, 5.41) is 8.98. The molecule has 104 valence electrons. The van der Waals surface area contributed by atoms with Gasteiger partial charge in [-0.15, -0.1) is 0 Å². The molecule has 0 amide bonds. The first kappa shape index (κ1) is 13.8. The average Bonchev–Trinajstić information content (AvgIpc) is 2.39. The van der Waals surface area contributed by atoms with Crippen molar-refractivity contribution in [2.75, 3.05) is 18.8 Å². The molecular formula is C11H15N3O4S. The van der Waals surface area contributed by atoms with Crippen molar-refractivity contribution in [3.63, 3.8) is 0 Å². The largest absolute Gasteiger partial charge is 0.481 e. The summed E-state index contributed by atoms with van der Waals surface area (Å²) in [6.07, 6.45) is 3.60. The normalized spacial score (nSPS) is 21.2. The minimum atomic E-state index is -3.72. The Labute approximate surface area is 111 Å². The maximum atomic E-state index is 12.3. The molecule has 1 aliphatic rings. The second-order valence-electron chi connectivity index (χ2n) is 4.49. The highest BCUT2D eigenvalue weighted by Gasteiger charge is 2.33. The van der Waals surface area contributed by atoms with E-state index < -0.39 is 21.9 Å².